The van der Waals surface area contributed by atoms with Gasteiger partial charge < -0.3 is 25.3 Å². The van der Waals surface area contributed by atoms with Crippen molar-refractivity contribution in [2.24, 2.45) is 5.73 Å². The van der Waals surface area contributed by atoms with Gasteiger partial charge in [0.25, 0.3) is 0 Å². The van der Waals surface area contributed by atoms with Crippen molar-refractivity contribution in [3.63, 3.8) is 0 Å². The van der Waals surface area contributed by atoms with E-state index < -0.39 is 5.54 Å². The molecule has 0 saturated carbocycles. The van der Waals surface area contributed by atoms with Gasteiger partial charge in [-0.05, 0) is 45.0 Å². The third-order valence-corrected chi connectivity index (χ3v) is 8.21. The van der Waals surface area contributed by atoms with Crippen LogP contribution in [-0.2, 0) is 6.54 Å². The van der Waals surface area contributed by atoms with E-state index in [0.717, 1.165) is 17.5 Å². The van der Waals surface area contributed by atoms with Crippen molar-refractivity contribution in [2.75, 3.05) is 49.1 Å². The molecule has 0 spiro atoms. The summed E-state index contributed by atoms with van der Waals surface area (Å²) in [6, 6.07) is 9.58. The molecule has 0 unspecified atom stereocenters. The summed E-state index contributed by atoms with van der Waals surface area (Å²) in [6.07, 6.45) is 5.88. The van der Waals surface area contributed by atoms with Crippen LogP contribution in [0.2, 0.25) is 0 Å². The van der Waals surface area contributed by atoms with Crippen LogP contribution in [0, 0.1) is 11.3 Å². The second-order valence-electron chi connectivity index (χ2n) is 11.1. The van der Waals surface area contributed by atoms with Gasteiger partial charge >= 0.3 is 6.03 Å². The number of aromatic nitrogens is 4. The van der Waals surface area contributed by atoms with Crippen molar-refractivity contribution in [3.8, 4) is 17.3 Å². The highest BCUT2D eigenvalue weighted by Crippen LogP contribution is 2.39. The van der Waals surface area contributed by atoms with E-state index >= 15 is 0 Å². The molecule has 6 heterocycles. The topological polar surface area (TPSA) is 148 Å². The maximum atomic E-state index is 13.3. The first kappa shape index (κ1) is 26.6. The van der Waals surface area contributed by atoms with Crippen LogP contribution in [0.4, 0.5) is 16.6 Å². The van der Waals surface area contributed by atoms with E-state index in [9.17, 15) is 14.9 Å². The van der Waals surface area contributed by atoms with Crippen molar-refractivity contribution < 1.29 is 9.59 Å². The number of rotatable bonds is 7. The Morgan fingerprint density at radius 1 is 1.10 bits per heavy atom. The van der Waals surface area contributed by atoms with Gasteiger partial charge in [0.1, 0.15) is 17.6 Å². The summed E-state index contributed by atoms with van der Waals surface area (Å²) >= 11 is 0. The Hall–Kier alpha value is -4.63. The largest absolute Gasteiger partial charge is 0.339 e. The predicted octanol–water partition coefficient (Wildman–Crippen LogP) is 2.06. The van der Waals surface area contributed by atoms with Crippen LogP contribution in [0.15, 0.2) is 42.9 Å². The number of ketones is 1. The molecule has 3 aliphatic rings. The summed E-state index contributed by atoms with van der Waals surface area (Å²) in [5.74, 6) is 1.16. The maximum absolute atomic E-state index is 13.3. The fourth-order valence-electron chi connectivity index (χ4n) is 5.86. The molecule has 2 N–H and O–H groups in total. The van der Waals surface area contributed by atoms with Crippen LogP contribution in [-0.4, -0.2) is 92.4 Å². The highest BCUT2D eigenvalue weighted by atomic mass is 16.2. The molecule has 2 fully saturated rings. The van der Waals surface area contributed by atoms with E-state index in [2.05, 4.69) is 25.9 Å². The average molecular weight is 553 g/mol. The van der Waals surface area contributed by atoms with Crippen LogP contribution in [0.1, 0.15) is 41.9 Å². The van der Waals surface area contributed by atoms with Gasteiger partial charge in [0.05, 0.1) is 22.8 Å². The van der Waals surface area contributed by atoms with Gasteiger partial charge in [-0.25, -0.2) is 24.7 Å². The molecule has 12 nitrogen and oxygen atoms in total. The maximum Gasteiger partial charge on any atom is 0.320 e. The third kappa shape index (κ3) is 4.62. The number of nitrogens with zero attached hydrogens (tertiary/aromatic N) is 9. The summed E-state index contributed by atoms with van der Waals surface area (Å²) in [5.41, 5.74) is 7.79. The number of carbonyl (C=O) groups excluding carboxylic acids is 2. The Bertz CT molecular complexity index is 1530. The molecule has 0 bridgehead atoms. The van der Waals surface area contributed by atoms with E-state index in [-0.39, 0.29) is 17.9 Å². The molecule has 0 radical (unpaired) electrons. The molecule has 1 atom stereocenters. The summed E-state index contributed by atoms with van der Waals surface area (Å²) in [6.45, 7) is 7.96. The fourth-order valence-corrected chi connectivity index (χ4v) is 5.86. The summed E-state index contributed by atoms with van der Waals surface area (Å²) < 4.78 is 0. The van der Waals surface area contributed by atoms with Crippen LogP contribution in [0.3, 0.4) is 0 Å². The van der Waals surface area contributed by atoms with E-state index in [1.807, 2.05) is 40.7 Å². The molecule has 0 aromatic carbocycles. The van der Waals surface area contributed by atoms with E-state index in [4.69, 9.17) is 10.7 Å². The van der Waals surface area contributed by atoms with Crippen LogP contribution >= 0.6 is 0 Å². The zero-order chi connectivity index (χ0) is 28.7. The monoisotopic (exact) mass is 552 g/mol. The summed E-state index contributed by atoms with van der Waals surface area (Å²) in [4.78, 5) is 52.2. The van der Waals surface area contributed by atoms with Gasteiger partial charge in [-0.1, -0.05) is 6.07 Å². The first-order valence-corrected chi connectivity index (χ1v) is 13.8. The molecule has 3 aromatic heterocycles. The van der Waals surface area contributed by atoms with Crippen molar-refractivity contribution in [2.45, 2.75) is 38.4 Å². The van der Waals surface area contributed by atoms with Crippen molar-refractivity contribution >= 4 is 23.6 Å². The number of nitriles is 1. The molecule has 3 aliphatic heterocycles. The SMILES string of the molecule is CC1(C)C(=O)c2ccc(-c3cnc(N4CCN5C(=O)N(CCCN)C[C@@H]5C4)nc3)nc2N1Cc1cccnc1C#N. The van der Waals surface area contributed by atoms with E-state index in [1.54, 1.807) is 30.7 Å². The van der Waals surface area contributed by atoms with Crippen LogP contribution < -0.4 is 15.5 Å². The second-order valence-corrected chi connectivity index (χ2v) is 11.1. The number of nitrogens with two attached hydrogens (primary N) is 1. The molecular weight excluding hydrogens is 520 g/mol. The number of fused-ring (bicyclic) bond motifs is 2. The Balaban J connectivity index is 1.21. The van der Waals surface area contributed by atoms with E-state index in [1.165, 1.54) is 0 Å². The lowest BCUT2D eigenvalue weighted by molar-refractivity contribution is 0.0923. The Morgan fingerprint density at radius 2 is 1.90 bits per heavy atom. The summed E-state index contributed by atoms with van der Waals surface area (Å²) in [7, 11) is 0. The highest BCUT2D eigenvalue weighted by Gasteiger charge is 2.45. The van der Waals surface area contributed by atoms with E-state index in [0.29, 0.717) is 74.5 Å². The van der Waals surface area contributed by atoms with Gasteiger partial charge in [-0.3, -0.25) is 4.79 Å². The molecule has 0 aliphatic carbocycles. The third-order valence-electron chi connectivity index (χ3n) is 8.21. The Labute approximate surface area is 238 Å². The highest BCUT2D eigenvalue weighted by molar-refractivity contribution is 6.12. The number of Topliss-reactive ketones (excluding diaryl/α,β-unsaturated/α-hetero) is 1. The molecule has 210 valence electrons. The fraction of sp³-hybridized carbons (Fsp3) is 0.414. The lowest BCUT2D eigenvalue weighted by Gasteiger charge is -2.36. The molecule has 41 heavy (non-hydrogen) atoms. The van der Waals surface area contributed by atoms with Crippen molar-refractivity contribution in [3.05, 3.63) is 59.7 Å². The molecule has 12 heteroatoms. The number of pyridine rings is 2. The van der Waals surface area contributed by atoms with Crippen LogP contribution in [0.25, 0.3) is 11.3 Å². The molecule has 2 amide bonds. The van der Waals surface area contributed by atoms with Gasteiger partial charge in [0.2, 0.25) is 5.95 Å². The van der Waals surface area contributed by atoms with Gasteiger partial charge in [-0.15, -0.1) is 0 Å². The lowest BCUT2D eigenvalue weighted by atomic mass is 9.97. The minimum atomic E-state index is -0.833. The van der Waals surface area contributed by atoms with Crippen molar-refractivity contribution in [1.82, 2.24) is 29.7 Å². The normalized spacial score (nSPS) is 19.4. The average Bonchev–Trinajstić information content (AvgIpc) is 3.41. The number of hydrogen-bond donors (Lipinski definition) is 1. The lowest BCUT2D eigenvalue weighted by Crippen LogP contribution is -2.52. The first-order valence-electron chi connectivity index (χ1n) is 13.8. The number of anilines is 2. The minimum absolute atomic E-state index is 0.0216. The number of hydrogen-bond acceptors (Lipinski definition) is 10. The van der Waals surface area contributed by atoms with Gasteiger partial charge in [-0.2, -0.15) is 5.26 Å². The smallest absolute Gasteiger partial charge is 0.320 e. The minimum Gasteiger partial charge on any atom is -0.339 e. The zero-order valence-electron chi connectivity index (χ0n) is 23.2. The van der Waals surface area contributed by atoms with Gasteiger partial charge in [0.15, 0.2) is 5.78 Å². The number of piperazine rings is 1. The molecular formula is C29H32N10O2. The van der Waals surface area contributed by atoms with Crippen LogP contribution in [0.5, 0.6) is 0 Å². The Morgan fingerprint density at radius 3 is 2.66 bits per heavy atom. The zero-order valence-corrected chi connectivity index (χ0v) is 23.2. The quantitative estimate of drug-likeness (QED) is 0.462. The second kappa shape index (κ2) is 10.4. The Kier molecular flexibility index (Phi) is 6.75. The molecule has 2 saturated heterocycles. The predicted molar refractivity (Wildman–Crippen MR) is 152 cm³/mol. The summed E-state index contributed by atoms with van der Waals surface area (Å²) in [5, 5.41) is 9.52. The molecule has 6 rings (SSSR count). The number of urea groups is 1. The number of amides is 2. The first-order chi connectivity index (χ1) is 19.8. The number of carbonyl (C=O) groups is 2. The molecule has 3 aromatic rings. The standard InChI is InChI=1S/C29H32N10O2/c1-29(2)25(40)22-6-7-23(35-26(22)39(29)16-19-5-3-9-32-24(19)13-31)20-14-33-27(34-15-20)36-11-12-38-21(17-36)18-37(28(38)41)10-4-8-30/h3,5-7,9,14-15,21H,4,8,10-12,16-18,30H2,1-2H3/t21-/m0/s1. The van der Waals surface area contributed by atoms with Crippen molar-refractivity contribution in [1.29, 1.82) is 5.26 Å². The van der Waals surface area contributed by atoms with Gasteiger partial charge in [0, 0.05) is 69.0 Å².